The van der Waals surface area contributed by atoms with Crippen LogP contribution in [0.5, 0.6) is 17.2 Å². The van der Waals surface area contributed by atoms with E-state index < -0.39 is 5.82 Å². The van der Waals surface area contributed by atoms with Crippen molar-refractivity contribution in [1.29, 1.82) is 0 Å². The van der Waals surface area contributed by atoms with Gasteiger partial charge in [0.1, 0.15) is 18.1 Å². The lowest BCUT2D eigenvalue weighted by Gasteiger charge is -2.09. The Morgan fingerprint density at radius 3 is 2.42 bits per heavy atom. The van der Waals surface area contributed by atoms with Crippen molar-refractivity contribution in [3.05, 3.63) is 54.3 Å². The van der Waals surface area contributed by atoms with Gasteiger partial charge < -0.3 is 19.5 Å². The first kappa shape index (κ1) is 17.6. The van der Waals surface area contributed by atoms with E-state index in [1.54, 1.807) is 43.5 Å². The summed E-state index contributed by atoms with van der Waals surface area (Å²) in [5.41, 5.74) is 0. The van der Waals surface area contributed by atoms with E-state index in [4.69, 9.17) is 14.2 Å². The molecule has 0 radical (unpaired) electrons. The molecule has 1 amide bonds. The zero-order chi connectivity index (χ0) is 17.2. The summed E-state index contributed by atoms with van der Waals surface area (Å²) < 4.78 is 29.1. The topological polar surface area (TPSA) is 56.8 Å². The average molecular weight is 333 g/mol. The minimum Gasteiger partial charge on any atom is -0.497 e. The van der Waals surface area contributed by atoms with Crippen molar-refractivity contribution in [2.45, 2.75) is 6.42 Å². The van der Waals surface area contributed by atoms with Crippen LogP contribution in [0.15, 0.2) is 48.5 Å². The van der Waals surface area contributed by atoms with Gasteiger partial charge in [-0.05, 0) is 36.4 Å². The smallest absolute Gasteiger partial charge is 0.223 e. The van der Waals surface area contributed by atoms with Crippen LogP contribution < -0.4 is 19.5 Å². The predicted molar refractivity (Wildman–Crippen MR) is 88.0 cm³/mol. The summed E-state index contributed by atoms with van der Waals surface area (Å²) in [6.45, 7) is 0.850. The van der Waals surface area contributed by atoms with Crippen molar-refractivity contribution < 1.29 is 23.4 Å². The van der Waals surface area contributed by atoms with Gasteiger partial charge >= 0.3 is 0 Å². The molecular weight excluding hydrogens is 313 g/mol. The number of rotatable bonds is 9. The van der Waals surface area contributed by atoms with Gasteiger partial charge in [-0.3, -0.25) is 4.79 Å². The number of carbonyl (C=O) groups is 1. The Labute approximate surface area is 140 Å². The summed E-state index contributed by atoms with van der Waals surface area (Å²) in [5, 5.41) is 2.71. The lowest BCUT2D eigenvalue weighted by atomic mass is 10.3. The highest BCUT2D eigenvalue weighted by Crippen LogP contribution is 2.17. The largest absolute Gasteiger partial charge is 0.497 e. The lowest BCUT2D eigenvalue weighted by molar-refractivity contribution is -0.121. The van der Waals surface area contributed by atoms with Gasteiger partial charge in [0.25, 0.3) is 0 Å². The molecule has 0 aromatic heterocycles. The van der Waals surface area contributed by atoms with Crippen LogP contribution in [0.3, 0.4) is 0 Å². The molecule has 1 N–H and O–H groups in total. The van der Waals surface area contributed by atoms with Crippen LogP contribution in [-0.4, -0.2) is 32.8 Å². The molecule has 0 saturated heterocycles. The zero-order valence-corrected chi connectivity index (χ0v) is 13.5. The lowest BCUT2D eigenvalue weighted by Crippen LogP contribution is -2.29. The second-order valence-corrected chi connectivity index (χ2v) is 4.90. The third-order valence-corrected chi connectivity index (χ3v) is 3.18. The Morgan fingerprint density at radius 2 is 1.71 bits per heavy atom. The van der Waals surface area contributed by atoms with Crippen molar-refractivity contribution in [3.8, 4) is 17.2 Å². The zero-order valence-electron chi connectivity index (χ0n) is 13.5. The van der Waals surface area contributed by atoms with Crippen molar-refractivity contribution >= 4 is 5.91 Å². The normalized spacial score (nSPS) is 10.1. The van der Waals surface area contributed by atoms with Crippen LogP contribution in [0.2, 0.25) is 0 Å². The molecule has 0 saturated carbocycles. The molecule has 0 atom stereocenters. The molecule has 24 heavy (non-hydrogen) atoms. The molecule has 0 spiro atoms. The summed E-state index contributed by atoms with van der Waals surface area (Å²) >= 11 is 0. The maximum Gasteiger partial charge on any atom is 0.223 e. The fourth-order valence-corrected chi connectivity index (χ4v) is 1.94. The Hall–Kier alpha value is -2.76. The maximum atomic E-state index is 13.3. The van der Waals surface area contributed by atoms with E-state index >= 15 is 0 Å². The Kier molecular flexibility index (Phi) is 6.89. The quantitative estimate of drug-likeness (QED) is 0.717. The van der Waals surface area contributed by atoms with E-state index in [1.165, 1.54) is 12.1 Å². The first-order valence-corrected chi connectivity index (χ1v) is 7.60. The second-order valence-electron chi connectivity index (χ2n) is 4.90. The van der Waals surface area contributed by atoms with Crippen molar-refractivity contribution in [2.24, 2.45) is 0 Å². The number of nitrogens with one attached hydrogen (secondary N) is 1. The van der Waals surface area contributed by atoms with E-state index in [0.29, 0.717) is 18.9 Å². The molecule has 0 fully saturated rings. The van der Waals surface area contributed by atoms with E-state index in [1.807, 2.05) is 0 Å². The first-order chi connectivity index (χ1) is 11.7. The molecule has 0 bridgehead atoms. The molecule has 0 aliphatic heterocycles. The Morgan fingerprint density at radius 1 is 1.00 bits per heavy atom. The summed E-state index contributed by atoms with van der Waals surface area (Å²) in [6.07, 6.45) is 0.150. The third-order valence-electron chi connectivity index (χ3n) is 3.18. The van der Waals surface area contributed by atoms with E-state index in [9.17, 15) is 9.18 Å². The van der Waals surface area contributed by atoms with Gasteiger partial charge in [-0.25, -0.2) is 4.39 Å². The fraction of sp³-hybridized carbons (Fsp3) is 0.278. The molecule has 128 valence electrons. The third kappa shape index (κ3) is 5.79. The predicted octanol–water partition coefficient (Wildman–Crippen LogP) is 2.80. The molecule has 2 aromatic rings. The summed E-state index contributed by atoms with van der Waals surface area (Å²) in [6, 6.07) is 13.3. The first-order valence-electron chi connectivity index (χ1n) is 7.60. The van der Waals surface area contributed by atoms with Crippen molar-refractivity contribution in [1.82, 2.24) is 5.32 Å². The summed E-state index contributed by atoms with van der Waals surface area (Å²) in [4.78, 5) is 11.7. The van der Waals surface area contributed by atoms with Gasteiger partial charge in [-0.15, -0.1) is 0 Å². The standard InChI is InChI=1S/C18H20FNO4/c1-22-14-6-8-15(9-7-14)23-13-11-20-18(21)10-12-24-17-5-3-2-4-16(17)19/h2-9H,10-13H2,1H3,(H,20,21). The summed E-state index contributed by atoms with van der Waals surface area (Å²) in [5.74, 6) is 0.988. The molecule has 2 rings (SSSR count). The fourth-order valence-electron chi connectivity index (χ4n) is 1.94. The Balaban J connectivity index is 1.58. The minimum absolute atomic E-state index is 0.117. The number of carbonyl (C=O) groups excluding carboxylic acids is 1. The van der Waals surface area contributed by atoms with Crippen LogP contribution >= 0.6 is 0 Å². The molecule has 6 heteroatoms. The number of halogens is 1. The molecule has 2 aromatic carbocycles. The van der Waals surface area contributed by atoms with Crippen LogP contribution in [0.1, 0.15) is 6.42 Å². The highest BCUT2D eigenvalue weighted by Gasteiger charge is 2.04. The van der Waals surface area contributed by atoms with Crippen LogP contribution in [-0.2, 0) is 4.79 Å². The number of amides is 1. The van der Waals surface area contributed by atoms with Gasteiger partial charge in [0.15, 0.2) is 11.6 Å². The number of benzene rings is 2. The van der Waals surface area contributed by atoms with Crippen LogP contribution in [0, 0.1) is 5.82 Å². The van der Waals surface area contributed by atoms with Crippen molar-refractivity contribution in [2.75, 3.05) is 26.9 Å². The number of hydrogen-bond donors (Lipinski definition) is 1. The van der Waals surface area contributed by atoms with Crippen molar-refractivity contribution in [3.63, 3.8) is 0 Å². The van der Waals surface area contributed by atoms with Crippen LogP contribution in [0.25, 0.3) is 0 Å². The monoisotopic (exact) mass is 333 g/mol. The van der Waals surface area contributed by atoms with E-state index in [2.05, 4.69) is 5.32 Å². The molecule has 5 nitrogen and oxygen atoms in total. The van der Waals surface area contributed by atoms with E-state index in [0.717, 1.165) is 5.75 Å². The molecular formula is C18H20FNO4. The highest BCUT2D eigenvalue weighted by atomic mass is 19.1. The molecule has 0 aliphatic rings. The van der Waals surface area contributed by atoms with Gasteiger partial charge in [0.05, 0.1) is 26.7 Å². The van der Waals surface area contributed by atoms with Gasteiger partial charge in [0, 0.05) is 0 Å². The molecule has 0 aliphatic carbocycles. The number of hydrogen-bond acceptors (Lipinski definition) is 4. The average Bonchev–Trinajstić information content (AvgIpc) is 2.61. The van der Waals surface area contributed by atoms with E-state index in [-0.39, 0.29) is 24.7 Å². The summed E-state index contributed by atoms with van der Waals surface area (Å²) in [7, 11) is 1.60. The number of ether oxygens (including phenoxy) is 3. The van der Waals surface area contributed by atoms with Gasteiger partial charge in [-0.2, -0.15) is 0 Å². The second kappa shape index (κ2) is 9.39. The maximum absolute atomic E-state index is 13.3. The van der Waals surface area contributed by atoms with Gasteiger partial charge in [-0.1, -0.05) is 12.1 Å². The SMILES string of the molecule is COc1ccc(OCCNC(=O)CCOc2ccccc2F)cc1. The Bertz CT molecular complexity index is 646. The minimum atomic E-state index is -0.439. The van der Waals surface area contributed by atoms with Crippen LogP contribution in [0.4, 0.5) is 4.39 Å². The highest BCUT2D eigenvalue weighted by molar-refractivity contribution is 5.75. The molecule has 0 unspecified atom stereocenters. The number of para-hydroxylation sites is 1. The number of methoxy groups -OCH3 is 1. The molecule has 0 heterocycles. The van der Waals surface area contributed by atoms with Gasteiger partial charge in [0.2, 0.25) is 5.91 Å².